The topological polar surface area (TPSA) is 50.8 Å². The summed E-state index contributed by atoms with van der Waals surface area (Å²) in [7, 11) is 0. The minimum absolute atomic E-state index is 0.0150. The number of carbonyl (C=O) groups is 1. The van der Waals surface area contributed by atoms with E-state index in [9.17, 15) is 4.79 Å². The molecule has 3 rings (SSSR count). The first kappa shape index (κ1) is 32.2. The van der Waals surface area contributed by atoms with Crippen LogP contribution < -0.4 is 15.0 Å². The minimum atomic E-state index is -0.296. The third-order valence-electron chi connectivity index (χ3n) is 7.31. The van der Waals surface area contributed by atoms with Gasteiger partial charge in [0, 0.05) is 30.4 Å². The summed E-state index contributed by atoms with van der Waals surface area (Å²) >= 11 is 0. The Morgan fingerprint density at radius 1 is 0.854 bits per heavy atom. The Labute approximate surface area is 248 Å². The fourth-order valence-corrected chi connectivity index (χ4v) is 5.02. The Hall–Kier alpha value is -3.31. The number of nitrogens with one attached hydrogen (secondary N) is 1. The standard InChI is InChI=1S/C36H50N2O3/c1-9-38(10-2)33-20-18-30(25-32(33)36(6,7)8)31-24-29(27-14-16-28(17-15-27)35(39)40-11-3)19-21-34(31)41-23-13-12-22-37-26(4)5/h14-21,24-26,37H,9-13,22-23H2,1-8H3. The van der Waals surface area contributed by atoms with Crippen LogP contribution in [0.15, 0.2) is 60.7 Å². The lowest BCUT2D eigenvalue weighted by Crippen LogP contribution is -2.26. The molecular formula is C36H50N2O3. The van der Waals surface area contributed by atoms with Gasteiger partial charge in [-0.05, 0) is 104 Å². The maximum absolute atomic E-state index is 12.2. The normalized spacial score (nSPS) is 11.5. The molecule has 5 heteroatoms. The van der Waals surface area contributed by atoms with Crippen molar-refractivity contribution in [1.82, 2.24) is 5.32 Å². The van der Waals surface area contributed by atoms with Crippen LogP contribution >= 0.6 is 0 Å². The first-order valence-electron chi connectivity index (χ1n) is 15.3. The molecule has 3 aromatic carbocycles. The van der Waals surface area contributed by atoms with E-state index in [2.05, 4.69) is 95.1 Å². The van der Waals surface area contributed by atoms with E-state index in [4.69, 9.17) is 9.47 Å². The van der Waals surface area contributed by atoms with Gasteiger partial charge < -0.3 is 19.7 Å². The molecule has 0 aliphatic heterocycles. The third-order valence-corrected chi connectivity index (χ3v) is 7.31. The number of unbranched alkanes of at least 4 members (excludes halogenated alkanes) is 1. The summed E-state index contributed by atoms with van der Waals surface area (Å²) in [6.45, 7) is 21.4. The molecule has 0 saturated heterocycles. The highest BCUT2D eigenvalue weighted by molar-refractivity contribution is 5.90. The predicted octanol–water partition coefficient (Wildman–Crippen LogP) is 8.50. The quantitative estimate of drug-likeness (QED) is 0.159. The Morgan fingerprint density at radius 2 is 1.51 bits per heavy atom. The lowest BCUT2D eigenvalue weighted by Gasteiger charge is -2.31. The van der Waals surface area contributed by atoms with Crippen molar-refractivity contribution in [3.05, 3.63) is 71.8 Å². The van der Waals surface area contributed by atoms with Gasteiger partial charge in [-0.1, -0.05) is 58.9 Å². The van der Waals surface area contributed by atoms with E-state index < -0.39 is 0 Å². The molecule has 5 nitrogen and oxygen atoms in total. The first-order chi connectivity index (χ1) is 19.6. The van der Waals surface area contributed by atoms with Gasteiger partial charge in [-0.25, -0.2) is 4.79 Å². The average Bonchev–Trinajstić information content (AvgIpc) is 2.95. The summed E-state index contributed by atoms with van der Waals surface area (Å²) < 4.78 is 11.6. The summed E-state index contributed by atoms with van der Waals surface area (Å²) in [4.78, 5) is 14.6. The molecule has 0 aromatic heterocycles. The largest absolute Gasteiger partial charge is 0.493 e. The Bertz CT molecular complexity index is 1250. The van der Waals surface area contributed by atoms with Crippen LogP contribution in [-0.4, -0.2) is 44.9 Å². The van der Waals surface area contributed by atoms with Crippen LogP contribution in [-0.2, 0) is 10.2 Å². The molecule has 0 radical (unpaired) electrons. The summed E-state index contributed by atoms with van der Waals surface area (Å²) in [5.74, 6) is 0.597. The van der Waals surface area contributed by atoms with E-state index in [0.717, 1.165) is 60.5 Å². The summed E-state index contributed by atoms with van der Waals surface area (Å²) in [5.41, 5.74) is 7.51. The van der Waals surface area contributed by atoms with Crippen LogP contribution in [0, 0.1) is 0 Å². The van der Waals surface area contributed by atoms with E-state index in [1.807, 2.05) is 31.2 Å². The van der Waals surface area contributed by atoms with E-state index in [1.165, 1.54) is 11.3 Å². The highest BCUT2D eigenvalue weighted by atomic mass is 16.5. The molecule has 0 amide bonds. The minimum Gasteiger partial charge on any atom is -0.493 e. The van der Waals surface area contributed by atoms with Gasteiger partial charge in [-0.15, -0.1) is 0 Å². The van der Waals surface area contributed by atoms with Crippen molar-refractivity contribution in [2.24, 2.45) is 0 Å². The van der Waals surface area contributed by atoms with Crippen molar-refractivity contribution < 1.29 is 14.3 Å². The number of nitrogens with zero attached hydrogens (tertiary/aromatic N) is 1. The monoisotopic (exact) mass is 558 g/mol. The second-order valence-electron chi connectivity index (χ2n) is 11.8. The highest BCUT2D eigenvalue weighted by Crippen LogP contribution is 2.40. The van der Waals surface area contributed by atoms with Crippen molar-refractivity contribution in [2.45, 2.75) is 79.7 Å². The number of esters is 1. The second-order valence-corrected chi connectivity index (χ2v) is 11.8. The molecule has 0 fully saturated rings. The fraction of sp³-hybridized carbons (Fsp3) is 0.472. The Morgan fingerprint density at radius 3 is 2.12 bits per heavy atom. The summed E-state index contributed by atoms with van der Waals surface area (Å²) in [6.07, 6.45) is 2.07. The lowest BCUT2D eigenvalue weighted by atomic mass is 9.83. The number of anilines is 1. The SMILES string of the molecule is CCOC(=O)c1ccc(-c2ccc(OCCCCNC(C)C)c(-c3ccc(N(CC)CC)c(C(C)(C)C)c3)c2)cc1. The number of benzene rings is 3. The number of ether oxygens (including phenoxy) is 2. The zero-order chi connectivity index (χ0) is 30.0. The molecule has 0 saturated carbocycles. The molecule has 222 valence electrons. The second kappa shape index (κ2) is 15.1. The Balaban J connectivity index is 2.01. The van der Waals surface area contributed by atoms with Gasteiger partial charge in [0.05, 0.1) is 18.8 Å². The van der Waals surface area contributed by atoms with Crippen LogP contribution in [0.4, 0.5) is 5.69 Å². The van der Waals surface area contributed by atoms with E-state index in [1.54, 1.807) is 0 Å². The molecule has 0 heterocycles. The maximum Gasteiger partial charge on any atom is 0.338 e. The number of rotatable bonds is 14. The maximum atomic E-state index is 12.2. The molecule has 0 unspecified atom stereocenters. The summed E-state index contributed by atoms with van der Waals surface area (Å²) in [5, 5.41) is 3.48. The smallest absolute Gasteiger partial charge is 0.338 e. The Kier molecular flexibility index (Phi) is 11.8. The van der Waals surface area contributed by atoms with Crippen molar-refractivity contribution in [3.63, 3.8) is 0 Å². The average molecular weight is 559 g/mol. The molecular weight excluding hydrogens is 508 g/mol. The van der Waals surface area contributed by atoms with Gasteiger partial charge in [0.2, 0.25) is 0 Å². The van der Waals surface area contributed by atoms with Gasteiger partial charge in [-0.3, -0.25) is 0 Å². The predicted molar refractivity (Wildman–Crippen MR) is 173 cm³/mol. The molecule has 3 aromatic rings. The van der Waals surface area contributed by atoms with E-state index in [0.29, 0.717) is 24.8 Å². The third kappa shape index (κ3) is 8.84. The molecule has 0 bridgehead atoms. The number of hydrogen-bond donors (Lipinski definition) is 1. The van der Waals surface area contributed by atoms with Crippen LogP contribution in [0.3, 0.4) is 0 Å². The zero-order valence-electron chi connectivity index (χ0n) is 26.5. The van der Waals surface area contributed by atoms with Crippen molar-refractivity contribution in [2.75, 3.05) is 37.7 Å². The fourth-order valence-electron chi connectivity index (χ4n) is 5.02. The molecule has 0 atom stereocenters. The van der Waals surface area contributed by atoms with Crippen LogP contribution in [0.2, 0.25) is 0 Å². The molecule has 41 heavy (non-hydrogen) atoms. The van der Waals surface area contributed by atoms with Crippen LogP contribution in [0.25, 0.3) is 22.3 Å². The highest BCUT2D eigenvalue weighted by Gasteiger charge is 2.22. The molecule has 1 N–H and O–H groups in total. The van der Waals surface area contributed by atoms with Gasteiger partial charge >= 0.3 is 5.97 Å². The van der Waals surface area contributed by atoms with Gasteiger partial charge in [0.1, 0.15) is 5.75 Å². The first-order valence-corrected chi connectivity index (χ1v) is 15.3. The van der Waals surface area contributed by atoms with E-state index >= 15 is 0 Å². The van der Waals surface area contributed by atoms with Gasteiger partial charge in [0.25, 0.3) is 0 Å². The van der Waals surface area contributed by atoms with Crippen molar-refractivity contribution in [1.29, 1.82) is 0 Å². The lowest BCUT2D eigenvalue weighted by molar-refractivity contribution is 0.0526. The number of carbonyl (C=O) groups excluding carboxylic acids is 1. The van der Waals surface area contributed by atoms with Crippen LogP contribution in [0.5, 0.6) is 5.75 Å². The van der Waals surface area contributed by atoms with Crippen molar-refractivity contribution in [3.8, 4) is 28.0 Å². The van der Waals surface area contributed by atoms with Crippen molar-refractivity contribution >= 4 is 11.7 Å². The van der Waals surface area contributed by atoms with E-state index in [-0.39, 0.29) is 11.4 Å². The summed E-state index contributed by atoms with van der Waals surface area (Å²) in [6, 6.07) is 21.4. The molecule has 0 spiro atoms. The number of hydrogen-bond acceptors (Lipinski definition) is 5. The molecule has 0 aliphatic carbocycles. The molecule has 0 aliphatic rings. The zero-order valence-corrected chi connectivity index (χ0v) is 26.5. The van der Waals surface area contributed by atoms with Crippen LogP contribution in [0.1, 0.15) is 84.2 Å². The van der Waals surface area contributed by atoms with Gasteiger partial charge in [0.15, 0.2) is 0 Å². The van der Waals surface area contributed by atoms with Gasteiger partial charge in [-0.2, -0.15) is 0 Å².